The minimum absolute atomic E-state index is 0.0444. The van der Waals surface area contributed by atoms with Crippen molar-refractivity contribution >= 4 is 35.1 Å². The molecule has 0 radical (unpaired) electrons. The van der Waals surface area contributed by atoms with Crippen molar-refractivity contribution in [2.24, 2.45) is 0 Å². The minimum Gasteiger partial charge on any atom is -0.323 e. The molecule has 0 aromatic heterocycles. The number of urea groups is 1. The van der Waals surface area contributed by atoms with E-state index in [1.807, 2.05) is 0 Å². The van der Waals surface area contributed by atoms with Gasteiger partial charge in [-0.05, 0) is 38.0 Å². The topological polar surface area (TPSA) is 78.5 Å². The number of nitrogens with zero attached hydrogens (tertiary/aromatic N) is 1. The van der Waals surface area contributed by atoms with E-state index in [-0.39, 0.29) is 16.6 Å². The summed E-state index contributed by atoms with van der Waals surface area (Å²) < 4.78 is 13.1. The van der Waals surface area contributed by atoms with E-state index in [1.54, 1.807) is 0 Å². The Morgan fingerprint density at radius 1 is 1.27 bits per heavy atom. The first-order valence-corrected chi connectivity index (χ1v) is 9.13. The molecule has 1 spiro atoms. The van der Waals surface area contributed by atoms with E-state index < -0.39 is 29.3 Å². The molecule has 2 aliphatic rings. The second-order valence-electron chi connectivity index (χ2n) is 6.89. The molecule has 4 amide bonds. The maximum atomic E-state index is 13.1. The number of nitrogens with one attached hydrogen (secondary N) is 2. The average molecular weight is 382 g/mol. The summed E-state index contributed by atoms with van der Waals surface area (Å²) in [4.78, 5) is 38.9. The number of hydrogen-bond donors (Lipinski definition) is 2. The van der Waals surface area contributed by atoms with Crippen LogP contribution in [0.15, 0.2) is 18.2 Å². The molecular weight excluding hydrogens is 361 g/mol. The predicted molar refractivity (Wildman–Crippen MR) is 95.3 cm³/mol. The molecule has 1 saturated carbocycles. The monoisotopic (exact) mass is 381 g/mol. The fraction of sp³-hybridized carbons (Fsp3) is 0.500. The van der Waals surface area contributed by atoms with Crippen molar-refractivity contribution in [2.45, 2.75) is 57.0 Å². The SMILES string of the molecule is C[C@@H](C(=O)Nc1ccc(F)cc1Cl)N1C(=O)NC2(CCCCCC2)C1=O. The van der Waals surface area contributed by atoms with E-state index >= 15 is 0 Å². The lowest BCUT2D eigenvalue weighted by Crippen LogP contribution is -2.49. The van der Waals surface area contributed by atoms with Gasteiger partial charge in [0, 0.05) is 0 Å². The van der Waals surface area contributed by atoms with Gasteiger partial charge in [-0.15, -0.1) is 0 Å². The molecule has 3 rings (SSSR count). The van der Waals surface area contributed by atoms with Gasteiger partial charge in [-0.25, -0.2) is 14.1 Å². The van der Waals surface area contributed by atoms with Crippen LogP contribution < -0.4 is 10.6 Å². The molecule has 0 bridgehead atoms. The zero-order valence-electron chi connectivity index (χ0n) is 14.5. The van der Waals surface area contributed by atoms with E-state index in [0.717, 1.165) is 36.6 Å². The molecule has 140 valence electrons. The highest BCUT2D eigenvalue weighted by atomic mass is 35.5. The van der Waals surface area contributed by atoms with Crippen molar-refractivity contribution < 1.29 is 18.8 Å². The van der Waals surface area contributed by atoms with Crippen molar-refractivity contribution in [3.05, 3.63) is 29.0 Å². The van der Waals surface area contributed by atoms with Gasteiger partial charge in [-0.2, -0.15) is 0 Å². The molecule has 1 heterocycles. The average Bonchev–Trinajstić information content (AvgIpc) is 2.75. The summed E-state index contributed by atoms with van der Waals surface area (Å²) in [6.07, 6.45) is 4.98. The number of benzene rings is 1. The summed E-state index contributed by atoms with van der Waals surface area (Å²) in [5, 5.41) is 5.40. The first-order valence-electron chi connectivity index (χ1n) is 8.76. The van der Waals surface area contributed by atoms with Crippen LogP contribution in [0.5, 0.6) is 0 Å². The van der Waals surface area contributed by atoms with Crippen LogP contribution in [0.1, 0.15) is 45.4 Å². The van der Waals surface area contributed by atoms with Crippen LogP contribution in [0.25, 0.3) is 0 Å². The Hall–Kier alpha value is -2.15. The molecule has 1 aliphatic heterocycles. The second kappa shape index (κ2) is 7.23. The smallest absolute Gasteiger partial charge is 0.323 e. The highest BCUT2D eigenvalue weighted by Crippen LogP contribution is 2.33. The Labute approximate surface area is 156 Å². The van der Waals surface area contributed by atoms with Crippen LogP contribution in [-0.2, 0) is 9.59 Å². The van der Waals surface area contributed by atoms with Gasteiger partial charge in [-0.1, -0.05) is 37.3 Å². The van der Waals surface area contributed by atoms with Crippen LogP contribution in [-0.4, -0.2) is 34.3 Å². The number of imide groups is 1. The molecule has 26 heavy (non-hydrogen) atoms. The van der Waals surface area contributed by atoms with Gasteiger partial charge in [0.15, 0.2) is 0 Å². The molecule has 8 heteroatoms. The quantitative estimate of drug-likeness (QED) is 0.787. The summed E-state index contributed by atoms with van der Waals surface area (Å²) >= 11 is 5.92. The van der Waals surface area contributed by atoms with Gasteiger partial charge in [0.25, 0.3) is 5.91 Å². The fourth-order valence-corrected chi connectivity index (χ4v) is 3.82. The number of amides is 4. The van der Waals surface area contributed by atoms with Crippen molar-refractivity contribution in [3.63, 3.8) is 0 Å². The summed E-state index contributed by atoms with van der Waals surface area (Å²) in [7, 11) is 0. The van der Waals surface area contributed by atoms with E-state index in [9.17, 15) is 18.8 Å². The predicted octanol–water partition coefficient (Wildman–Crippen LogP) is 3.45. The van der Waals surface area contributed by atoms with Crippen LogP contribution >= 0.6 is 11.6 Å². The van der Waals surface area contributed by atoms with Gasteiger partial charge >= 0.3 is 6.03 Å². The summed E-state index contributed by atoms with van der Waals surface area (Å²) in [6.45, 7) is 1.49. The van der Waals surface area contributed by atoms with Crippen molar-refractivity contribution in [2.75, 3.05) is 5.32 Å². The molecule has 1 saturated heterocycles. The van der Waals surface area contributed by atoms with Gasteiger partial charge in [0.2, 0.25) is 5.91 Å². The normalized spacial score (nSPS) is 20.7. The van der Waals surface area contributed by atoms with Crippen LogP contribution in [0.4, 0.5) is 14.9 Å². The molecule has 2 N–H and O–H groups in total. The Kier molecular flexibility index (Phi) is 5.18. The molecule has 1 aromatic rings. The maximum absolute atomic E-state index is 13.1. The van der Waals surface area contributed by atoms with E-state index in [1.165, 1.54) is 19.1 Å². The standard InChI is InChI=1S/C18H21ClFN3O3/c1-11(15(24)21-14-7-6-12(20)10-13(14)19)23-16(25)18(22-17(23)26)8-4-2-3-5-9-18/h6-7,10-11H,2-5,8-9H2,1H3,(H,21,24)(H,22,26)/t11-/m0/s1. The van der Waals surface area contributed by atoms with Crippen LogP contribution in [0, 0.1) is 5.82 Å². The first kappa shape index (κ1) is 18.6. The number of carbonyl (C=O) groups excluding carboxylic acids is 3. The minimum atomic E-state index is -1.01. The Bertz CT molecular complexity index is 747. The number of halogens is 2. The lowest BCUT2D eigenvalue weighted by Gasteiger charge is -2.26. The number of rotatable bonds is 3. The number of hydrogen-bond acceptors (Lipinski definition) is 3. The molecule has 6 nitrogen and oxygen atoms in total. The summed E-state index contributed by atoms with van der Waals surface area (Å²) in [6, 6.07) is 2.02. The van der Waals surface area contributed by atoms with E-state index in [0.29, 0.717) is 12.8 Å². The van der Waals surface area contributed by atoms with Crippen molar-refractivity contribution in [1.29, 1.82) is 0 Å². The fourth-order valence-electron chi connectivity index (χ4n) is 3.61. The molecule has 1 atom stereocenters. The molecule has 1 aromatic carbocycles. The lowest BCUT2D eigenvalue weighted by atomic mass is 9.90. The molecule has 1 aliphatic carbocycles. The summed E-state index contributed by atoms with van der Waals surface area (Å²) in [5.74, 6) is -1.43. The third-order valence-electron chi connectivity index (χ3n) is 5.11. The third-order valence-corrected chi connectivity index (χ3v) is 5.42. The van der Waals surface area contributed by atoms with Gasteiger partial charge in [-0.3, -0.25) is 9.59 Å². The number of anilines is 1. The highest BCUT2D eigenvalue weighted by Gasteiger charge is 2.53. The summed E-state index contributed by atoms with van der Waals surface area (Å²) in [5.41, 5.74) is -0.670. The van der Waals surface area contributed by atoms with Gasteiger partial charge < -0.3 is 10.6 Å². The molecule has 2 fully saturated rings. The Morgan fingerprint density at radius 3 is 2.54 bits per heavy atom. The van der Waals surface area contributed by atoms with Crippen molar-refractivity contribution in [1.82, 2.24) is 10.2 Å². The zero-order valence-corrected chi connectivity index (χ0v) is 15.2. The second-order valence-corrected chi connectivity index (χ2v) is 7.30. The van der Waals surface area contributed by atoms with Gasteiger partial charge in [0.05, 0.1) is 10.7 Å². The molecular formula is C18H21ClFN3O3. The highest BCUT2D eigenvalue weighted by molar-refractivity contribution is 6.33. The Balaban J connectivity index is 1.76. The Morgan fingerprint density at radius 2 is 1.92 bits per heavy atom. The van der Waals surface area contributed by atoms with Crippen LogP contribution in [0.2, 0.25) is 5.02 Å². The van der Waals surface area contributed by atoms with Gasteiger partial charge in [0.1, 0.15) is 17.4 Å². The maximum Gasteiger partial charge on any atom is 0.325 e. The third kappa shape index (κ3) is 3.40. The van der Waals surface area contributed by atoms with E-state index in [2.05, 4.69) is 10.6 Å². The largest absolute Gasteiger partial charge is 0.325 e. The van der Waals surface area contributed by atoms with Crippen LogP contribution in [0.3, 0.4) is 0 Å². The van der Waals surface area contributed by atoms with E-state index in [4.69, 9.17) is 11.6 Å². The lowest BCUT2D eigenvalue weighted by molar-refractivity contribution is -0.136. The molecule has 0 unspecified atom stereocenters. The van der Waals surface area contributed by atoms with Crippen molar-refractivity contribution in [3.8, 4) is 0 Å². The first-order chi connectivity index (χ1) is 12.3. The zero-order chi connectivity index (χ0) is 18.9. The number of carbonyl (C=O) groups is 3.